The normalized spacial score (nSPS) is 29.3. The van der Waals surface area contributed by atoms with Gasteiger partial charge in [0, 0.05) is 74.0 Å². The zero-order valence-electron chi connectivity index (χ0n) is 67.2. The van der Waals surface area contributed by atoms with Crippen molar-refractivity contribution >= 4 is 100 Å². The fourth-order valence-corrected chi connectivity index (χ4v) is 20.9. The summed E-state index contributed by atoms with van der Waals surface area (Å²) in [5.74, 6) is -0.809. The summed E-state index contributed by atoms with van der Waals surface area (Å²) in [4.78, 5) is 49.9. The average Bonchev–Trinajstić information content (AvgIpc) is 1.61. The molecule has 0 bridgehead atoms. The number of amides is 1. The standard InChI is InChI=1S/C47H62B3N4O19P3.C22H41B3NO17P3.4CH4/c1-52-18-21-63-75(58,71-38-23-44(48)68-41(38)26-55)66-30-43-40(25-46(50)70-43)73-76(59,64-22-19-53-2)67-31-42-39(24-45(49)69-42)72-74(57,62-20-10-16-51)65-28-32(27-60-3)11-8-9-17-54-47(56)61-29-37-35-14-6-4-12-33(35)34-13-5-7-15-36(34)37;23-20-5-14(17(9-28)38-20)41-45(31,32)36-11-19-16(7-22(25)40-19)43-46(33,34)37-12-18-15(6-21(24)39-18)42-44(29,30)35-10-13(8-27)3-1-2-4-26;;;;/h4-7,12-15,32,37-46,55H,8-11,17-31H2,3H3,(H,54,56);13-22,27-28H,1-12,26H2,(H,29,30)(H,31,32)(H,33,34);4*1H4/t32?,38-,39-,40-,41-,42-,43-,44-,45-,46-,74?,75?,76?;13?,14-,15-,16-,17-,18-,19-,20-,21-,22-;;;;/m11..../s1. The van der Waals surface area contributed by atoms with Crippen molar-refractivity contribution in [1.29, 1.82) is 5.26 Å². The summed E-state index contributed by atoms with van der Waals surface area (Å²) >= 11 is 0. The van der Waals surface area contributed by atoms with Crippen LogP contribution in [0.25, 0.3) is 20.8 Å². The lowest BCUT2D eigenvalue weighted by Crippen LogP contribution is -2.32. The molecule has 26 atom stereocenters. The van der Waals surface area contributed by atoms with Crippen LogP contribution in [-0.4, -0.2) is 318 Å². The van der Waals surface area contributed by atoms with Crippen molar-refractivity contribution in [3.8, 4) is 17.2 Å². The third-order valence-electron chi connectivity index (χ3n) is 19.6. The molecule has 2 aromatic carbocycles. The number of methoxy groups -OCH3 is 1. The van der Waals surface area contributed by atoms with Crippen molar-refractivity contribution < 1.29 is 168 Å². The summed E-state index contributed by atoms with van der Waals surface area (Å²) in [6.45, 7) is 9.75. The van der Waals surface area contributed by atoms with Gasteiger partial charge in [-0.15, -0.1) is 0 Å². The van der Waals surface area contributed by atoms with Crippen molar-refractivity contribution in [2.24, 2.45) is 17.6 Å². The Morgan fingerprint density at radius 2 is 0.849 bits per heavy atom. The highest BCUT2D eigenvalue weighted by Gasteiger charge is 2.50. The van der Waals surface area contributed by atoms with Crippen LogP contribution in [0.1, 0.15) is 130 Å². The second-order valence-corrected chi connectivity index (χ2v) is 38.1. The quantitative estimate of drug-likeness (QED) is 0.0136. The van der Waals surface area contributed by atoms with Gasteiger partial charge in [0.2, 0.25) is 13.1 Å². The van der Waals surface area contributed by atoms with Crippen LogP contribution in [0.5, 0.6) is 0 Å². The molecule has 6 saturated heterocycles. The van der Waals surface area contributed by atoms with Gasteiger partial charge in [-0.3, -0.25) is 67.9 Å². The van der Waals surface area contributed by atoms with Crippen LogP contribution in [0.3, 0.4) is 0 Å². The Balaban J connectivity index is 0.000000573. The van der Waals surface area contributed by atoms with Gasteiger partial charge in [0.1, 0.15) is 104 Å². The number of phosphoric ester groups is 6. The maximum absolute atomic E-state index is 14.4. The molecule has 7 aliphatic rings. The second kappa shape index (κ2) is 56.9. The van der Waals surface area contributed by atoms with Crippen LogP contribution in [0.2, 0.25) is 0 Å². The summed E-state index contributed by atoms with van der Waals surface area (Å²) in [5, 5.41) is 40.6. The first-order chi connectivity index (χ1) is 58.2. The molecule has 126 heavy (non-hydrogen) atoms. The maximum Gasteiger partial charge on any atom is 0.475 e. The number of alkyl carbamates (subject to hydrolysis) is 1. The monoisotopic (exact) mass is 1890 g/mol. The Bertz CT molecular complexity index is 3950. The third kappa shape index (κ3) is 37.9. The minimum atomic E-state index is -4.89. The molecule has 700 valence electrons. The predicted molar refractivity (Wildman–Crippen MR) is 459 cm³/mol. The number of nitriles is 1. The van der Waals surface area contributed by atoms with Crippen LogP contribution in [0, 0.1) is 36.3 Å². The van der Waals surface area contributed by atoms with E-state index < -0.39 is 214 Å². The fraction of sp³-hybridized carbons (Fsp3) is 0.781. The Morgan fingerprint density at radius 1 is 0.492 bits per heavy atom. The molecule has 0 saturated carbocycles. The molecule has 41 nitrogen and oxygen atoms in total. The second-order valence-electron chi connectivity index (χ2n) is 29.0. The van der Waals surface area contributed by atoms with Crippen LogP contribution < -0.4 is 11.1 Å². The molecule has 6 fully saturated rings. The number of rotatable bonds is 55. The van der Waals surface area contributed by atoms with E-state index in [1.165, 1.54) is 7.11 Å². The van der Waals surface area contributed by atoms with E-state index in [4.69, 9.17) is 172 Å². The number of carbonyl (C=O) groups excluding carboxylic acids is 1. The van der Waals surface area contributed by atoms with Gasteiger partial charge in [0.25, 0.3) is 0 Å². The Morgan fingerprint density at radius 3 is 1.25 bits per heavy atom. The summed E-state index contributed by atoms with van der Waals surface area (Å²) < 4.78 is 206. The van der Waals surface area contributed by atoms with E-state index in [-0.39, 0.29) is 146 Å². The SMILES string of the molecule is C.C.C.C.[B][C@H]1C[C@@H](OP(=O)(O)OC[C@H]2O[C@@H]([B])C[C@H]2OP(=O)(O)OC[C@H]2O[C@@H]([B])C[C@H]2OP(=O)(O)OCC(CO)CCCCN)[C@@H](CO)O1.[B][C@H]1C[C@@H](OP(=O)(OCC[N+]#[C-])OC[C@H]2O[C@@H]([B])C[C@H]2OP(=O)(OCC[N+]#[C-])OC[C@H]2O[C@@H]([B])C[C@H]2OP(=O)(OCCC#N)OCC(CCCCNC(=O)OCC2c3ccccc3-c3ccccc32)COC)[C@@H](CO)O1. The molecule has 12 radical (unpaired) electrons. The molecule has 8 unspecified atom stereocenters. The lowest BCUT2D eigenvalue weighted by atomic mass is 9.96. The smallest absolute Gasteiger partial charge is 0.449 e. The largest absolute Gasteiger partial charge is 0.475 e. The van der Waals surface area contributed by atoms with Gasteiger partial charge in [-0.05, 0) is 93.0 Å². The number of aliphatic hydroxyl groups is 3. The summed E-state index contributed by atoms with van der Waals surface area (Å²) in [6, 6.07) is 12.5. The summed E-state index contributed by atoms with van der Waals surface area (Å²) in [5.41, 5.74) is 9.94. The third-order valence-corrected chi connectivity index (χ3v) is 27.1. The number of phosphoric acid groups is 6. The van der Waals surface area contributed by atoms with Crippen molar-refractivity contribution in [1.82, 2.24) is 5.32 Å². The lowest BCUT2D eigenvalue weighted by Gasteiger charge is -2.28. The van der Waals surface area contributed by atoms with Gasteiger partial charge in [0.05, 0.1) is 115 Å². The molecule has 2 aromatic rings. The number of aliphatic hydroxyl groups excluding tert-OH is 3. The van der Waals surface area contributed by atoms with E-state index in [0.717, 1.165) is 28.7 Å². The van der Waals surface area contributed by atoms with E-state index in [2.05, 4.69) is 27.1 Å². The lowest BCUT2D eigenvalue weighted by molar-refractivity contribution is -0.0387. The van der Waals surface area contributed by atoms with E-state index in [0.29, 0.717) is 45.2 Å². The van der Waals surface area contributed by atoms with Gasteiger partial charge in [-0.25, -0.2) is 45.3 Å². The van der Waals surface area contributed by atoms with Gasteiger partial charge in [0.15, 0.2) is 0 Å². The van der Waals surface area contributed by atoms with Crippen molar-refractivity contribution in [2.75, 3.05) is 126 Å². The van der Waals surface area contributed by atoms with Crippen LogP contribution in [0.15, 0.2) is 48.5 Å². The Labute approximate surface area is 746 Å². The molecular formula is C73H119B6N5O36P6. The number of unbranched alkanes of at least 4 members (excludes halogenated alkanes) is 2. The molecule has 1 aliphatic carbocycles. The van der Waals surface area contributed by atoms with E-state index in [1.54, 1.807) is 0 Å². The number of fused-ring (bicyclic) bond motifs is 3. The maximum atomic E-state index is 14.4. The van der Waals surface area contributed by atoms with Gasteiger partial charge < -0.3 is 88.6 Å². The van der Waals surface area contributed by atoms with E-state index in [9.17, 15) is 67.4 Å². The van der Waals surface area contributed by atoms with Gasteiger partial charge in [-0.2, -0.15) is 5.26 Å². The number of nitrogens with one attached hydrogen (secondary N) is 1. The van der Waals surface area contributed by atoms with Crippen LogP contribution in [-0.2, 0) is 133 Å². The topological polar surface area (TPSA) is 524 Å². The van der Waals surface area contributed by atoms with Crippen molar-refractivity contribution in [3.63, 3.8) is 0 Å². The highest BCUT2D eigenvalue weighted by molar-refractivity contribution is 7.49. The first-order valence-corrected chi connectivity index (χ1v) is 48.3. The van der Waals surface area contributed by atoms with Crippen LogP contribution in [0.4, 0.5) is 4.79 Å². The molecule has 0 spiro atoms. The molecule has 6 aliphatic heterocycles. The zero-order valence-corrected chi connectivity index (χ0v) is 72.5. The molecule has 0 aromatic heterocycles. The number of hydrogen-bond donors (Lipinski definition) is 8. The van der Waals surface area contributed by atoms with Crippen molar-refractivity contribution in [3.05, 3.63) is 82.5 Å². The predicted octanol–water partition coefficient (Wildman–Crippen LogP) is 7.75. The number of carbonyl (C=O) groups is 1. The minimum Gasteiger partial charge on any atom is -0.449 e. The summed E-state index contributed by atoms with van der Waals surface area (Å²) in [7, 11) is 8.82. The summed E-state index contributed by atoms with van der Waals surface area (Å²) in [6.07, 6.45) is -10.8. The van der Waals surface area contributed by atoms with Gasteiger partial charge >= 0.3 is 53.0 Å². The number of benzene rings is 2. The van der Waals surface area contributed by atoms with Gasteiger partial charge in [-0.1, -0.05) is 91.1 Å². The van der Waals surface area contributed by atoms with Crippen LogP contribution >= 0.6 is 46.9 Å². The van der Waals surface area contributed by atoms with E-state index in [1.807, 2.05) is 42.5 Å². The average molecular weight is 1890 g/mol. The van der Waals surface area contributed by atoms with E-state index >= 15 is 0 Å². The first kappa shape index (κ1) is 115. The molecule has 6 heterocycles. The number of nitrogens with zero attached hydrogens (tertiary/aromatic N) is 3. The molecule has 9 rings (SSSR count). The first-order valence-electron chi connectivity index (χ1n) is 39.5. The fourth-order valence-electron chi connectivity index (χ4n) is 13.8. The highest BCUT2D eigenvalue weighted by atomic mass is 31.2. The Kier molecular flexibility index (Phi) is 51.9. The highest BCUT2D eigenvalue weighted by Crippen LogP contribution is 2.58. The molecule has 53 heteroatoms. The minimum absolute atomic E-state index is 0. The number of nitrogens with two attached hydrogens (primary N) is 1. The molecular weight excluding hydrogens is 1770 g/mol. The molecule has 1 amide bonds. The molecule has 9 N–H and O–H groups in total. The number of ether oxygens (including phenoxy) is 8. The zero-order chi connectivity index (χ0) is 88.7. The van der Waals surface area contributed by atoms with Crippen molar-refractivity contribution in [2.45, 2.75) is 228 Å². The number of hydrogen-bond acceptors (Lipinski definition) is 35. The Hall–Kier alpha value is -3.21.